The molecule has 0 aliphatic rings. The van der Waals surface area contributed by atoms with Gasteiger partial charge in [-0.15, -0.1) is 0 Å². The summed E-state index contributed by atoms with van der Waals surface area (Å²) in [6, 6.07) is 7.64. The topological polar surface area (TPSA) is 13.1 Å². The van der Waals surface area contributed by atoms with E-state index < -0.39 is 0 Å². The minimum Gasteiger partial charge on any atom is -0.464 e. The van der Waals surface area contributed by atoms with Gasteiger partial charge in [0.2, 0.25) is 0 Å². The Kier molecular flexibility index (Phi) is 2.66. The minimum absolute atomic E-state index is 0.701. The average Bonchev–Trinajstić information content (AvgIpc) is 2.54. The minimum atomic E-state index is 0.701. The van der Waals surface area contributed by atoms with Crippen molar-refractivity contribution >= 4 is 27.5 Å². The van der Waals surface area contributed by atoms with E-state index in [2.05, 4.69) is 15.9 Å². The van der Waals surface area contributed by atoms with Crippen molar-refractivity contribution in [2.75, 3.05) is 0 Å². The van der Waals surface area contributed by atoms with Crippen molar-refractivity contribution in [2.24, 2.45) is 0 Å². The highest BCUT2D eigenvalue weighted by molar-refractivity contribution is 9.10. The molecule has 72 valence electrons. The molecule has 0 fully saturated rings. The fourth-order valence-corrected chi connectivity index (χ4v) is 2.50. The maximum absolute atomic E-state index is 6.14. The Morgan fingerprint density at radius 1 is 1.36 bits per heavy atom. The second kappa shape index (κ2) is 3.79. The summed E-state index contributed by atoms with van der Waals surface area (Å²) in [6.45, 7) is 2.01. The molecule has 0 amide bonds. The van der Waals surface area contributed by atoms with E-state index in [1.165, 1.54) is 0 Å². The summed E-state index contributed by atoms with van der Waals surface area (Å²) in [6.07, 6.45) is 1.65. The monoisotopic (exact) mass is 270 g/mol. The Bertz CT molecular complexity index is 425. The number of aryl methyl sites for hydroxylation is 1. The Hall–Kier alpha value is -0.730. The molecule has 0 aliphatic carbocycles. The van der Waals surface area contributed by atoms with Crippen LogP contribution in [0.4, 0.5) is 0 Å². The van der Waals surface area contributed by atoms with Gasteiger partial charge in [0.1, 0.15) is 5.76 Å². The maximum atomic E-state index is 6.14. The van der Waals surface area contributed by atoms with Crippen LogP contribution < -0.4 is 0 Å². The van der Waals surface area contributed by atoms with Crippen LogP contribution in [0.3, 0.4) is 0 Å². The van der Waals surface area contributed by atoms with E-state index in [1.54, 1.807) is 6.26 Å². The maximum Gasteiger partial charge on any atom is 0.135 e. The van der Waals surface area contributed by atoms with Gasteiger partial charge in [-0.3, -0.25) is 0 Å². The summed E-state index contributed by atoms with van der Waals surface area (Å²) in [5.41, 5.74) is 2.05. The van der Waals surface area contributed by atoms with Gasteiger partial charge >= 0.3 is 0 Å². The third kappa shape index (κ3) is 1.72. The van der Waals surface area contributed by atoms with Crippen molar-refractivity contribution in [1.29, 1.82) is 0 Å². The second-order valence-corrected chi connectivity index (χ2v) is 4.38. The highest BCUT2D eigenvalue weighted by Crippen LogP contribution is 2.33. The Morgan fingerprint density at radius 2 is 2.14 bits per heavy atom. The summed E-state index contributed by atoms with van der Waals surface area (Å²) in [4.78, 5) is 0. The number of furan rings is 1. The second-order valence-electron chi connectivity index (χ2n) is 3.06. The highest BCUT2D eigenvalue weighted by Gasteiger charge is 2.10. The van der Waals surface area contributed by atoms with Crippen LogP contribution in [0, 0.1) is 6.92 Å². The molecule has 2 rings (SSSR count). The summed E-state index contributed by atoms with van der Waals surface area (Å²) in [5.74, 6) is 0.806. The number of hydrogen-bond acceptors (Lipinski definition) is 1. The van der Waals surface area contributed by atoms with Gasteiger partial charge in [-0.25, -0.2) is 0 Å². The molecule has 2 aromatic rings. The van der Waals surface area contributed by atoms with Gasteiger partial charge in [0.25, 0.3) is 0 Å². The summed E-state index contributed by atoms with van der Waals surface area (Å²) >= 11 is 9.53. The molecule has 1 aromatic carbocycles. The molecule has 0 bridgehead atoms. The molecule has 0 radical (unpaired) electrons. The van der Waals surface area contributed by atoms with E-state index in [-0.39, 0.29) is 0 Å². The van der Waals surface area contributed by atoms with Gasteiger partial charge in [-0.2, -0.15) is 0 Å². The standard InChI is InChI=1S/C11H8BrClO/c1-7-5-8(12)6-9(13)11(7)10-3-2-4-14-10/h2-6H,1H3. The smallest absolute Gasteiger partial charge is 0.135 e. The van der Waals surface area contributed by atoms with Gasteiger partial charge in [-0.1, -0.05) is 27.5 Å². The van der Waals surface area contributed by atoms with E-state index >= 15 is 0 Å². The molecule has 0 saturated heterocycles. The molecule has 0 atom stereocenters. The van der Waals surface area contributed by atoms with Gasteiger partial charge in [-0.05, 0) is 36.8 Å². The Balaban J connectivity index is 2.64. The zero-order valence-electron chi connectivity index (χ0n) is 7.55. The largest absolute Gasteiger partial charge is 0.464 e. The highest BCUT2D eigenvalue weighted by atomic mass is 79.9. The molecular formula is C11H8BrClO. The van der Waals surface area contributed by atoms with Crippen LogP contribution in [0.1, 0.15) is 5.56 Å². The van der Waals surface area contributed by atoms with Crippen LogP contribution in [0.5, 0.6) is 0 Å². The van der Waals surface area contributed by atoms with E-state index in [9.17, 15) is 0 Å². The molecular weight excluding hydrogens is 263 g/mol. The zero-order valence-corrected chi connectivity index (χ0v) is 9.89. The lowest BCUT2D eigenvalue weighted by Gasteiger charge is -2.05. The van der Waals surface area contributed by atoms with Crippen molar-refractivity contribution in [3.05, 3.63) is 45.6 Å². The van der Waals surface area contributed by atoms with Crippen LogP contribution in [0.25, 0.3) is 11.3 Å². The van der Waals surface area contributed by atoms with E-state index in [1.807, 2.05) is 31.2 Å². The molecule has 3 heteroatoms. The van der Waals surface area contributed by atoms with Gasteiger partial charge in [0.15, 0.2) is 0 Å². The number of rotatable bonds is 1. The molecule has 0 saturated carbocycles. The van der Waals surface area contributed by atoms with Gasteiger partial charge < -0.3 is 4.42 Å². The van der Waals surface area contributed by atoms with Crippen LogP contribution in [-0.4, -0.2) is 0 Å². The number of halogens is 2. The predicted molar refractivity (Wildman–Crippen MR) is 61.6 cm³/mol. The third-order valence-corrected chi connectivity index (χ3v) is 2.78. The quantitative estimate of drug-likeness (QED) is 0.734. The normalized spacial score (nSPS) is 10.5. The zero-order chi connectivity index (χ0) is 10.1. The molecule has 1 heterocycles. The Labute approximate surface area is 95.8 Å². The van der Waals surface area contributed by atoms with Crippen LogP contribution in [0.15, 0.2) is 39.4 Å². The molecule has 0 spiro atoms. The first-order chi connectivity index (χ1) is 6.68. The predicted octanol–water partition coefficient (Wildman–Crippen LogP) is 4.67. The first-order valence-corrected chi connectivity index (χ1v) is 5.35. The fraction of sp³-hybridized carbons (Fsp3) is 0.0909. The van der Waals surface area contributed by atoms with Gasteiger partial charge in [0.05, 0.1) is 11.3 Å². The molecule has 0 unspecified atom stereocenters. The Morgan fingerprint density at radius 3 is 2.71 bits per heavy atom. The number of hydrogen-bond donors (Lipinski definition) is 0. The van der Waals surface area contributed by atoms with Crippen LogP contribution in [0.2, 0.25) is 5.02 Å². The van der Waals surface area contributed by atoms with Crippen LogP contribution >= 0.6 is 27.5 Å². The van der Waals surface area contributed by atoms with Crippen molar-refractivity contribution < 1.29 is 4.42 Å². The molecule has 1 nitrogen and oxygen atoms in total. The fourth-order valence-electron chi connectivity index (χ4n) is 1.44. The molecule has 1 aromatic heterocycles. The first kappa shape index (κ1) is 9.81. The van der Waals surface area contributed by atoms with E-state index in [0.29, 0.717) is 5.02 Å². The first-order valence-electron chi connectivity index (χ1n) is 4.18. The summed E-state index contributed by atoms with van der Waals surface area (Å²) in [5, 5.41) is 0.701. The van der Waals surface area contributed by atoms with Crippen molar-refractivity contribution in [1.82, 2.24) is 0 Å². The lowest BCUT2D eigenvalue weighted by Crippen LogP contribution is -1.83. The third-order valence-electron chi connectivity index (χ3n) is 2.02. The van der Waals surface area contributed by atoms with E-state index in [4.69, 9.17) is 16.0 Å². The summed E-state index contributed by atoms with van der Waals surface area (Å²) in [7, 11) is 0. The average molecular weight is 272 g/mol. The van der Waals surface area contributed by atoms with Crippen molar-refractivity contribution in [2.45, 2.75) is 6.92 Å². The lowest BCUT2D eigenvalue weighted by molar-refractivity contribution is 0.582. The van der Waals surface area contributed by atoms with Crippen LogP contribution in [-0.2, 0) is 0 Å². The molecule has 0 N–H and O–H groups in total. The lowest BCUT2D eigenvalue weighted by atomic mass is 10.1. The van der Waals surface area contributed by atoms with Crippen molar-refractivity contribution in [3.8, 4) is 11.3 Å². The summed E-state index contributed by atoms with van der Waals surface area (Å²) < 4.78 is 6.30. The SMILES string of the molecule is Cc1cc(Br)cc(Cl)c1-c1ccco1. The number of benzene rings is 1. The molecule has 0 aliphatic heterocycles. The van der Waals surface area contributed by atoms with E-state index in [0.717, 1.165) is 21.4 Å². The molecule has 14 heavy (non-hydrogen) atoms. The van der Waals surface area contributed by atoms with Gasteiger partial charge in [0, 0.05) is 10.0 Å². The van der Waals surface area contributed by atoms with Crippen molar-refractivity contribution in [3.63, 3.8) is 0 Å².